The lowest BCUT2D eigenvalue weighted by Crippen LogP contribution is -2.05. The number of anilines is 1. The number of aromatic nitrogens is 4. The van der Waals surface area contributed by atoms with Crippen molar-refractivity contribution in [1.82, 2.24) is 20.1 Å². The molecule has 7 heteroatoms. The van der Waals surface area contributed by atoms with E-state index in [1.807, 2.05) is 26.0 Å². The van der Waals surface area contributed by atoms with Crippen molar-refractivity contribution in [2.45, 2.75) is 20.4 Å². The van der Waals surface area contributed by atoms with Crippen LogP contribution < -0.4 is 5.32 Å². The average molecular weight is 316 g/mol. The minimum atomic E-state index is 0.381. The van der Waals surface area contributed by atoms with Gasteiger partial charge in [-0.15, -0.1) is 0 Å². The quantitative estimate of drug-likeness (QED) is 0.795. The third-order valence-electron chi connectivity index (χ3n) is 3.03. The maximum absolute atomic E-state index is 5.96. The topological polar surface area (TPSA) is 76.7 Å². The molecule has 2 heterocycles. The number of benzene rings is 1. The lowest BCUT2D eigenvalue weighted by Gasteiger charge is -2.05. The second kappa shape index (κ2) is 6.11. The van der Waals surface area contributed by atoms with Crippen molar-refractivity contribution in [3.8, 4) is 11.4 Å². The Balaban J connectivity index is 1.73. The van der Waals surface area contributed by atoms with Crippen molar-refractivity contribution < 1.29 is 4.52 Å². The summed E-state index contributed by atoms with van der Waals surface area (Å²) < 4.78 is 5.24. The predicted octanol–water partition coefficient (Wildman–Crippen LogP) is 3.41. The van der Waals surface area contributed by atoms with Crippen LogP contribution in [0.2, 0.25) is 5.02 Å². The van der Waals surface area contributed by atoms with Gasteiger partial charge >= 0.3 is 0 Å². The van der Waals surface area contributed by atoms with E-state index >= 15 is 0 Å². The van der Waals surface area contributed by atoms with Gasteiger partial charge in [0, 0.05) is 16.8 Å². The first kappa shape index (κ1) is 14.5. The van der Waals surface area contributed by atoms with Crippen LogP contribution in [-0.2, 0) is 6.54 Å². The van der Waals surface area contributed by atoms with E-state index in [0.717, 1.165) is 17.0 Å². The normalized spacial score (nSPS) is 10.7. The van der Waals surface area contributed by atoms with Crippen LogP contribution in [0.15, 0.2) is 35.0 Å². The van der Waals surface area contributed by atoms with Gasteiger partial charge in [-0.3, -0.25) is 4.98 Å². The largest absolute Gasteiger partial charge is 0.359 e. The van der Waals surface area contributed by atoms with E-state index in [4.69, 9.17) is 16.1 Å². The molecule has 0 saturated heterocycles. The zero-order valence-corrected chi connectivity index (χ0v) is 12.9. The van der Waals surface area contributed by atoms with Gasteiger partial charge in [0.05, 0.1) is 17.9 Å². The van der Waals surface area contributed by atoms with Crippen molar-refractivity contribution in [2.75, 3.05) is 5.32 Å². The van der Waals surface area contributed by atoms with Crippen molar-refractivity contribution in [1.29, 1.82) is 0 Å². The average Bonchev–Trinajstić information content (AvgIpc) is 2.97. The van der Waals surface area contributed by atoms with Gasteiger partial charge in [-0.1, -0.05) is 28.9 Å². The first-order valence-corrected chi connectivity index (χ1v) is 7.12. The summed E-state index contributed by atoms with van der Waals surface area (Å²) in [4.78, 5) is 13.0. The highest BCUT2D eigenvalue weighted by Crippen LogP contribution is 2.20. The molecule has 0 amide bonds. The molecule has 112 valence electrons. The second-order valence-corrected chi connectivity index (χ2v) is 5.26. The third kappa shape index (κ3) is 3.23. The molecule has 0 unspecified atom stereocenters. The van der Waals surface area contributed by atoms with E-state index in [1.165, 1.54) is 0 Å². The van der Waals surface area contributed by atoms with Gasteiger partial charge in [-0.05, 0) is 26.0 Å². The summed E-state index contributed by atoms with van der Waals surface area (Å²) in [6.45, 7) is 4.16. The molecule has 3 rings (SSSR count). The Morgan fingerprint density at radius 1 is 1.23 bits per heavy atom. The van der Waals surface area contributed by atoms with E-state index in [-0.39, 0.29) is 0 Å². The van der Waals surface area contributed by atoms with Crippen LogP contribution in [0.4, 0.5) is 5.82 Å². The Kier molecular flexibility index (Phi) is 4.02. The fraction of sp³-hybridized carbons (Fsp3) is 0.200. The molecule has 0 aliphatic rings. The zero-order chi connectivity index (χ0) is 15.5. The van der Waals surface area contributed by atoms with Crippen LogP contribution in [0, 0.1) is 13.8 Å². The molecule has 0 fully saturated rings. The van der Waals surface area contributed by atoms with Gasteiger partial charge in [-0.25, -0.2) is 4.98 Å². The minimum absolute atomic E-state index is 0.381. The predicted molar refractivity (Wildman–Crippen MR) is 83.6 cm³/mol. The van der Waals surface area contributed by atoms with Crippen LogP contribution in [0.25, 0.3) is 11.4 Å². The number of nitrogens with one attached hydrogen (secondary N) is 1. The van der Waals surface area contributed by atoms with Crippen molar-refractivity contribution in [3.63, 3.8) is 0 Å². The highest BCUT2D eigenvalue weighted by atomic mass is 35.5. The van der Waals surface area contributed by atoms with Crippen LogP contribution >= 0.6 is 11.6 Å². The molecule has 0 aliphatic heterocycles. The molecule has 0 radical (unpaired) electrons. The van der Waals surface area contributed by atoms with Crippen molar-refractivity contribution in [3.05, 3.63) is 52.8 Å². The standard InChI is InChI=1S/C15H14ClN5O/c1-9-7-17-10(2)14(19-9)18-8-13-20-15(21-22-13)11-4-3-5-12(16)6-11/h3-7H,8H2,1-2H3,(H,18,19). The molecule has 0 spiro atoms. The Labute approximate surface area is 132 Å². The van der Waals surface area contributed by atoms with E-state index in [0.29, 0.717) is 29.1 Å². The van der Waals surface area contributed by atoms with Gasteiger partial charge in [0.25, 0.3) is 0 Å². The molecule has 3 aromatic rings. The van der Waals surface area contributed by atoms with Gasteiger partial charge in [0.1, 0.15) is 5.82 Å². The van der Waals surface area contributed by atoms with Crippen LogP contribution in [-0.4, -0.2) is 20.1 Å². The Bertz CT molecular complexity index is 802. The Hall–Kier alpha value is -2.47. The number of rotatable bonds is 4. The maximum Gasteiger partial charge on any atom is 0.246 e. The summed E-state index contributed by atoms with van der Waals surface area (Å²) in [6, 6.07) is 7.31. The summed E-state index contributed by atoms with van der Waals surface area (Å²) >= 11 is 5.96. The molecule has 0 bridgehead atoms. The third-order valence-corrected chi connectivity index (χ3v) is 3.27. The number of aryl methyl sites for hydroxylation is 2. The van der Waals surface area contributed by atoms with Crippen LogP contribution in [0.5, 0.6) is 0 Å². The number of hydrogen-bond donors (Lipinski definition) is 1. The Morgan fingerprint density at radius 3 is 2.91 bits per heavy atom. The molecule has 2 aromatic heterocycles. The van der Waals surface area contributed by atoms with Gasteiger partial charge < -0.3 is 9.84 Å². The SMILES string of the molecule is Cc1cnc(C)c(NCc2nc(-c3cccc(Cl)c3)no2)n1. The molecular formula is C15H14ClN5O. The summed E-state index contributed by atoms with van der Waals surface area (Å²) in [5.74, 6) is 1.69. The van der Waals surface area contributed by atoms with E-state index in [9.17, 15) is 0 Å². The van der Waals surface area contributed by atoms with Crippen LogP contribution in [0.1, 0.15) is 17.3 Å². The summed E-state index contributed by atoms with van der Waals surface area (Å²) in [5.41, 5.74) is 2.48. The minimum Gasteiger partial charge on any atom is -0.359 e. The lowest BCUT2D eigenvalue weighted by molar-refractivity contribution is 0.384. The van der Waals surface area contributed by atoms with E-state index in [2.05, 4.69) is 25.4 Å². The maximum atomic E-state index is 5.96. The second-order valence-electron chi connectivity index (χ2n) is 4.82. The van der Waals surface area contributed by atoms with Gasteiger partial charge in [-0.2, -0.15) is 4.98 Å². The first-order valence-electron chi connectivity index (χ1n) is 6.74. The highest BCUT2D eigenvalue weighted by molar-refractivity contribution is 6.30. The van der Waals surface area contributed by atoms with E-state index < -0.39 is 0 Å². The molecule has 6 nitrogen and oxygen atoms in total. The number of nitrogens with zero attached hydrogens (tertiary/aromatic N) is 4. The molecule has 22 heavy (non-hydrogen) atoms. The molecule has 1 aromatic carbocycles. The summed E-state index contributed by atoms with van der Waals surface area (Å²) in [6.07, 6.45) is 1.73. The van der Waals surface area contributed by atoms with Crippen molar-refractivity contribution >= 4 is 17.4 Å². The monoisotopic (exact) mass is 315 g/mol. The summed E-state index contributed by atoms with van der Waals surface area (Å²) in [7, 11) is 0. The molecule has 0 aliphatic carbocycles. The fourth-order valence-corrected chi connectivity index (χ4v) is 2.13. The number of hydrogen-bond acceptors (Lipinski definition) is 6. The van der Waals surface area contributed by atoms with Crippen LogP contribution in [0.3, 0.4) is 0 Å². The fourth-order valence-electron chi connectivity index (χ4n) is 1.94. The van der Waals surface area contributed by atoms with Gasteiger partial charge in [0.2, 0.25) is 11.7 Å². The highest BCUT2D eigenvalue weighted by Gasteiger charge is 2.10. The summed E-state index contributed by atoms with van der Waals surface area (Å²) in [5, 5.41) is 7.74. The van der Waals surface area contributed by atoms with Gasteiger partial charge in [0.15, 0.2) is 0 Å². The molecule has 0 saturated carbocycles. The zero-order valence-electron chi connectivity index (χ0n) is 12.2. The molecule has 1 N–H and O–H groups in total. The smallest absolute Gasteiger partial charge is 0.246 e. The molecule has 0 atom stereocenters. The lowest BCUT2D eigenvalue weighted by atomic mass is 10.2. The molecular weight excluding hydrogens is 302 g/mol. The Morgan fingerprint density at radius 2 is 2.09 bits per heavy atom. The van der Waals surface area contributed by atoms with Crippen molar-refractivity contribution in [2.24, 2.45) is 0 Å². The van der Waals surface area contributed by atoms with E-state index in [1.54, 1.807) is 18.3 Å². The first-order chi connectivity index (χ1) is 10.6. The number of halogens is 1.